The molecule has 0 radical (unpaired) electrons. The molecular formula is C17H21N5O4S. The summed E-state index contributed by atoms with van der Waals surface area (Å²) in [6, 6.07) is 6.35. The summed E-state index contributed by atoms with van der Waals surface area (Å²) in [7, 11) is -3.29. The van der Waals surface area contributed by atoms with Crippen LogP contribution in [0.1, 0.15) is 12.8 Å². The zero-order valence-electron chi connectivity index (χ0n) is 14.8. The second-order valence-electron chi connectivity index (χ2n) is 6.28. The minimum absolute atomic E-state index is 0.262. The molecule has 1 unspecified atom stereocenters. The molecule has 0 aliphatic carbocycles. The fourth-order valence-corrected chi connectivity index (χ4v) is 3.63. The number of carbonyl (C=O) groups is 1. The van der Waals surface area contributed by atoms with Gasteiger partial charge in [-0.1, -0.05) is 0 Å². The van der Waals surface area contributed by atoms with Crippen molar-refractivity contribution in [2.45, 2.75) is 18.9 Å². The Morgan fingerprint density at radius 3 is 2.70 bits per heavy atom. The Balaban J connectivity index is 1.56. The molecule has 10 heteroatoms. The molecule has 2 aromatic rings. The van der Waals surface area contributed by atoms with Crippen molar-refractivity contribution in [1.29, 1.82) is 0 Å². The maximum absolute atomic E-state index is 12.4. The third-order valence-electron chi connectivity index (χ3n) is 3.96. The first-order valence-corrected chi connectivity index (χ1v) is 10.4. The second-order valence-corrected chi connectivity index (χ2v) is 8.06. The Bertz CT molecular complexity index is 874. The molecule has 2 amide bonds. The van der Waals surface area contributed by atoms with Crippen LogP contribution in [0.2, 0.25) is 0 Å². The Hall–Kier alpha value is -2.72. The summed E-state index contributed by atoms with van der Waals surface area (Å²) >= 11 is 0. The summed E-state index contributed by atoms with van der Waals surface area (Å²) in [6.45, 7) is 0.925. The predicted molar refractivity (Wildman–Crippen MR) is 100 cm³/mol. The van der Waals surface area contributed by atoms with Crippen LogP contribution in [0.3, 0.4) is 0 Å². The highest BCUT2D eigenvalue weighted by molar-refractivity contribution is 7.88. The van der Waals surface area contributed by atoms with Gasteiger partial charge in [0.1, 0.15) is 5.75 Å². The van der Waals surface area contributed by atoms with Crippen LogP contribution in [0.25, 0.3) is 0 Å². The molecule has 0 spiro atoms. The molecule has 27 heavy (non-hydrogen) atoms. The highest BCUT2D eigenvalue weighted by Gasteiger charge is 2.25. The van der Waals surface area contributed by atoms with Gasteiger partial charge in [-0.3, -0.25) is 4.98 Å². The third kappa shape index (κ3) is 5.90. The summed E-state index contributed by atoms with van der Waals surface area (Å²) in [6.07, 6.45) is 7.18. The molecule has 9 nitrogen and oxygen atoms in total. The molecule has 1 saturated heterocycles. The van der Waals surface area contributed by atoms with Crippen molar-refractivity contribution in [3.05, 3.63) is 42.9 Å². The monoisotopic (exact) mass is 391 g/mol. The first-order chi connectivity index (χ1) is 12.9. The molecule has 1 atom stereocenters. The zero-order chi connectivity index (χ0) is 19.3. The van der Waals surface area contributed by atoms with Crippen molar-refractivity contribution in [2.75, 3.05) is 24.7 Å². The molecule has 2 heterocycles. The number of ether oxygens (including phenoxy) is 1. The molecule has 1 aliphatic heterocycles. The molecule has 0 saturated carbocycles. The van der Waals surface area contributed by atoms with E-state index in [2.05, 4.69) is 20.0 Å². The average molecular weight is 391 g/mol. The van der Waals surface area contributed by atoms with Crippen LogP contribution in [0.15, 0.2) is 42.9 Å². The van der Waals surface area contributed by atoms with Crippen molar-refractivity contribution in [2.24, 2.45) is 0 Å². The summed E-state index contributed by atoms with van der Waals surface area (Å²) in [5, 5.41) is 2.81. The number of amides is 2. The zero-order valence-corrected chi connectivity index (χ0v) is 15.6. The minimum atomic E-state index is -3.29. The number of benzene rings is 1. The van der Waals surface area contributed by atoms with E-state index in [-0.39, 0.29) is 12.1 Å². The van der Waals surface area contributed by atoms with E-state index in [1.807, 2.05) is 0 Å². The van der Waals surface area contributed by atoms with Gasteiger partial charge in [0.05, 0.1) is 12.5 Å². The maximum atomic E-state index is 12.4. The van der Waals surface area contributed by atoms with Crippen LogP contribution in [0, 0.1) is 0 Å². The largest absolute Gasteiger partial charge is 0.438 e. The number of anilines is 1. The first-order valence-electron chi connectivity index (χ1n) is 8.46. The van der Waals surface area contributed by atoms with Gasteiger partial charge in [-0.05, 0) is 37.1 Å². The number of likely N-dealkylation sites (tertiary alicyclic amines) is 1. The number of piperidine rings is 1. The lowest BCUT2D eigenvalue weighted by atomic mass is 10.1. The molecule has 1 aromatic carbocycles. The first kappa shape index (κ1) is 19.1. The van der Waals surface area contributed by atoms with E-state index < -0.39 is 10.0 Å². The number of carbonyl (C=O) groups excluding carboxylic acids is 1. The number of hydrogen-bond donors (Lipinski definition) is 2. The molecule has 2 N–H and O–H groups in total. The Morgan fingerprint density at radius 2 is 2.04 bits per heavy atom. The van der Waals surface area contributed by atoms with Gasteiger partial charge in [0, 0.05) is 37.2 Å². The van der Waals surface area contributed by atoms with Gasteiger partial charge in [-0.25, -0.2) is 22.9 Å². The van der Waals surface area contributed by atoms with Crippen LogP contribution in [-0.2, 0) is 10.0 Å². The van der Waals surface area contributed by atoms with Crippen LogP contribution in [-0.4, -0.2) is 54.7 Å². The number of hydrogen-bond acceptors (Lipinski definition) is 6. The summed E-state index contributed by atoms with van der Waals surface area (Å²) in [5.41, 5.74) is 0.615. The van der Waals surface area contributed by atoms with E-state index in [0.717, 1.165) is 12.7 Å². The maximum Gasteiger partial charge on any atom is 0.321 e. The van der Waals surface area contributed by atoms with E-state index in [4.69, 9.17) is 4.74 Å². The standard InChI is InChI=1S/C17H21N5O4S/c1-27(24,25)21-14-3-2-10-22(12-14)17(23)20-13-4-6-15(7-5-13)26-16-11-18-8-9-19-16/h4-9,11,14,21H,2-3,10,12H2,1H3,(H,20,23). The molecule has 1 aliphatic rings. The number of rotatable bonds is 5. The summed E-state index contributed by atoms with van der Waals surface area (Å²) in [5.74, 6) is 0.955. The fourth-order valence-electron chi connectivity index (χ4n) is 2.83. The number of urea groups is 1. The quantitative estimate of drug-likeness (QED) is 0.804. The van der Waals surface area contributed by atoms with Gasteiger partial charge in [0.25, 0.3) is 0 Å². The topological polar surface area (TPSA) is 114 Å². The average Bonchev–Trinajstić information content (AvgIpc) is 2.63. The van der Waals surface area contributed by atoms with Gasteiger partial charge >= 0.3 is 6.03 Å². The van der Waals surface area contributed by atoms with Crippen molar-refractivity contribution >= 4 is 21.7 Å². The number of nitrogens with one attached hydrogen (secondary N) is 2. The highest BCUT2D eigenvalue weighted by Crippen LogP contribution is 2.21. The molecule has 144 valence electrons. The van der Waals surface area contributed by atoms with Crippen molar-refractivity contribution in [1.82, 2.24) is 19.6 Å². The lowest BCUT2D eigenvalue weighted by molar-refractivity contribution is 0.190. The van der Waals surface area contributed by atoms with E-state index in [0.29, 0.717) is 36.8 Å². The molecule has 1 aromatic heterocycles. The fraction of sp³-hybridized carbons (Fsp3) is 0.353. The van der Waals surface area contributed by atoms with Crippen molar-refractivity contribution < 1.29 is 17.9 Å². The van der Waals surface area contributed by atoms with E-state index in [1.165, 1.54) is 12.4 Å². The smallest absolute Gasteiger partial charge is 0.321 e. The van der Waals surface area contributed by atoms with E-state index in [9.17, 15) is 13.2 Å². The minimum Gasteiger partial charge on any atom is -0.438 e. The van der Waals surface area contributed by atoms with Crippen molar-refractivity contribution in [3.63, 3.8) is 0 Å². The molecular weight excluding hydrogens is 370 g/mol. The number of sulfonamides is 1. The van der Waals surface area contributed by atoms with E-state index >= 15 is 0 Å². The normalized spacial score (nSPS) is 17.4. The lowest BCUT2D eigenvalue weighted by Gasteiger charge is -2.32. The Morgan fingerprint density at radius 1 is 1.26 bits per heavy atom. The number of nitrogens with zero attached hydrogens (tertiary/aromatic N) is 3. The van der Waals surface area contributed by atoms with E-state index in [1.54, 1.807) is 35.4 Å². The predicted octanol–water partition coefficient (Wildman–Crippen LogP) is 1.81. The summed E-state index contributed by atoms with van der Waals surface area (Å²) in [4.78, 5) is 22.0. The van der Waals surface area contributed by atoms with Crippen molar-refractivity contribution in [3.8, 4) is 11.6 Å². The van der Waals surface area contributed by atoms with Gasteiger partial charge < -0.3 is 15.0 Å². The highest BCUT2D eigenvalue weighted by atomic mass is 32.2. The lowest BCUT2D eigenvalue weighted by Crippen LogP contribution is -2.50. The van der Waals surface area contributed by atoms with Gasteiger partial charge in [-0.2, -0.15) is 0 Å². The van der Waals surface area contributed by atoms with Gasteiger partial charge in [-0.15, -0.1) is 0 Å². The second kappa shape index (κ2) is 8.31. The molecule has 3 rings (SSSR count). The van der Waals surface area contributed by atoms with Crippen LogP contribution in [0.5, 0.6) is 11.6 Å². The Labute approximate surface area is 157 Å². The molecule has 1 fully saturated rings. The van der Waals surface area contributed by atoms with Crippen LogP contribution in [0.4, 0.5) is 10.5 Å². The number of aromatic nitrogens is 2. The summed E-state index contributed by atoms with van der Waals surface area (Å²) < 4.78 is 30.9. The van der Waals surface area contributed by atoms with Crippen LogP contribution < -0.4 is 14.8 Å². The third-order valence-corrected chi connectivity index (χ3v) is 4.72. The van der Waals surface area contributed by atoms with Crippen LogP contribution >= 0.6 is 0 Å². The molecule has 0 bridgehead atoms. The van der Waals surface area contributed by atoms with Gasteiger partial charge in [0.2, 0.25) is 15.9 Å². The van der Waals surface area contributed by atoms with Gasteiger partial charge in [0.15, 0.2) is 0 Å². The SMILES string of the molecule is CS(=O)(=O)NC1CCCN(C(=O)Nc2ccc(Oc3cnccn3)cc2)C1. The Kier molecular flexibility index (Phi) is 5.87.